The van der Waals surface area contributed by atoms with Gasteiger partial charge in [-0.05, 0) is 35.4 Å². The fraction of sp³-hybridized carbons (Fsp3) is 0.400. The molecule has 6 heteroatoms. The molecule has 0 aliphatic carbocycles. The van der Waals surface area contributed by atoms with Crippen molar-refractivity contribution in [1.29, 1.82) is 0 Å². The maximum absolute atomic E-state index is 5.73. The van der Waals surface area contributed by atoms with Gasteiger partial charge in [0.1, 0.15) is 0 Å². The Morgan fingerprint density at radius 3 is 1.77 bits per heavy atom. The number of nitrogen functional groups attached to an aromatic ring is 1. The van der Waals surface area contributed by atoms with Crippen LogP contribution in [0, 0.1) is 0 Å². The van der Waals surface area contributed by atoms with E-state index in [9.17, 15) is 0 Å². The fourth-order valence-electron chi connectivity index (χ4n) is 2.35. The monoisotopic (exact) mass is 360 g/mol. The van der Waals surface area contributed by atoms with Gasteiger partial charge in [-0.15, -0.1) is 0 Å². The number of nitrogens with one attached hydrogen (secondary N) is 1. The third kappa shape index (κ3) is 7.01. The summed E-state index contributed by atoms with van der Waals surface area (Å²) < 4.78 is 21.4. The van der Waals surface area contributed by atoms with Gasteiger partial charge in [-0.25, -0.2) is 0 Å². The van der Waals surface area contributed by atoms with E-state index >= 15 is 0 Å². The molecule has 0 amide bonds. The van der Waals surface area contributed by atoms with Crippen molar-refractivity contribution in [2.45, 2.75) is 6.29 Å². The first kappa shape index (κ1) is 20.2. The third-order valence-corrected chi connectivity index (χ3v) is 3.78. The summed E-state index contributed by atoms with van der Waals surface area (Å²) in [6, 6.07) is 16.0. The van der Waals surface area contributed by atoms with Crippen LogP contribution in [0.25, 0.3) is 11.1 Å². The molecule has 0 aliphatic rings. The van der Waals surface area contributed by atoms with E-state index in [0.717, 1.165) is 22.5 Å². The topological polar surface area (TPSA) is 75.0 Å². The Balaban J connectivity index is 1.87. The van der Waals surface area contributed by atoms with Crippen LogP contribution in [-0.2, 0) is 18.9 Å². The van der Waals surface area contributed by atoms with E-state index < -0.39 is 0 Å². The van der Waals surface area contributed by atoms with Gasteiger partial charge in [-0.2, -0.15) is 0 Å². The van der Waals surface area contributed by atoms with Gasteiger partial charge in [0.25, 0.3) is 0 Å². The Morgan fingerprint density at radius 1 is 0.769 bits per heavy atom. The maximum atomic E-state index is 5.73. The van der Waals surface area contributed by atoms with Crippen LogP contribution in [0.3, 0.4) is 0 Å². The molecule has 3 N–H and O–H groups in total. The number of ether oxygens (including phenoxy) is 4. The van der Waals surface area contributed by atoms with Crippen LogP contribution in [0.1, 0.15) is 0 Å². The molecule has 6 nitrogen and oxygen atoms in total. The van der Waals surface area contributed by atoms with Crippen LogP contribution in [-0.4, -0.2) is 53.5 Å². The minimum Gasteiger partial charge on any atom is -0.399 e. The first-order chi connectivity index (χ1) is 12.7. The summed E-state index contributed by atoms with van der Waals surface area (Å²) in [5.41, 5.74) is 9.77. The lowest BCUT2D eigenvalue weighted by Gasteiger charge is -2.19. The van der Waals surface area contributed by atoms with Gasteiger partial charge in [0.05, 0.1) is 33.0 Å². The Morgan fingerprint density at radius 2 is 1.27 bits per heavy atom. The molecule has 0 saturated heterocycles. The van der Waals surface area contributed by atoms with Crippen molar-refractivity contribution >= 4 is 11.4 Å². The van der Waals surface area contributed by atoms with Crippen LogP contribution >= 0.6 is 0 Å². The Bertz CT molecular complexity index is 607. The zero-order valence-corrected chi connectivity index (χ0v) is 15.4. The molecule has 0 fully saturated rings. The highest BCUT2D eigenvalue weighted by Crippen LogP contribution is 2.22. The number of benzene rings is 2. The summed E-state index contributed by atoms with van der Waals surface area (Å²) in [4.78, 5) is 0. The summed E-state index contributed by atoms with van der Waals surface area (Å²) in [6.07, 6.45) is -0.364. The largest absolute Gasteiger partial charge is 0.399 e. The van der Waals surface area contributed by atoms with Crippen LogP contribution < -0.4 is 11.1 Å². The number of hydrogen-bond acceptors (Lipinski definition) is 6. The molecule has 0 radical (unpaired) electrons. The smallest absolute Gasteiger partial charge is 0.174 e. The van der Waals surface area contributed by atoms with E-state index in [1.807, 2.05) is 36.4 Å². The summed E-state index contributed by atoms with van der Waals surface area (Å²) in [7, 11) is 3.29. The van der Waals surface area contributed by atoms with Crippen LogP contribution in [0.2, 0.25) is 0 Å². The lowest BCUT2D eigenvalue weighted by atomic mass is 10.1. The van der Waals surface area contributed by atoms with Gasteiger partial charge in [-0.3, -0.25) is 0 Å². The molecule has 0 bridgehead atoms. The van der Waals surface area contributed by atoms with Crippen molar-refractivity contribution < 1.29 is 18.9 Å². The van der Waals surface area contributed by atoms with Gasteiger partial charge in [0, 0.05) is 25.6 Å². The summed E-state index contributed by atoms with van der Waals surface area (Å²) in [5, 5.41) is 3.33. The van der Waals surface area contributed by atoms with Crippen molar-refractivity contribution in [1.82, 2.24) is 0 Å². The highest BCUT2D eigenvalue weighted by atomic mass is 16.7. The average Bonchev–Trinajstić information content (AvgIpc) is 2.67. The highest BCUT2D eigenvalue weighted by molar-refractivity contribution is 5.67. The van der Waals surface area contributed by atoms with Gasteiger partial charge >= 0.3 is 0 Å². The van der Waals surface area contributed by atoms with Gasteiger partial charge in [0.2, 0.25) is 0 Å². The zero-order chi connectivity index (χ0) is 18.6. The van der Waals surface area contributed by atoms with E-state index in [0.29, 0.717) is 33.0 Å². The first-order valence-electron chi connectivity index (χ1n) is 8.64. The molecule has 0 atom stereocenters. The molecule has 2 aromatic carbocycles. The third-order valence-electron chi connectivity index (χ3n) is 3.78. The van der Waals surface area contributed by atoms with E-state index in [2.05, 4.69) is 17.4 Å². The Hall–Kier alpha value is -2.12. The molecule has 142 valence electrons. The lowest BCUT2D eigenvalue weighted by Crippen LogP contribution is -2.29. The summed E-state index contributed by atoms with van der Waals surface area (Å²) in [5.74, 6) is 0. The minimum absolute atomic E-state index is 0.364. The van der Waals surface area contributed by atoms with Crippen molar-refractivity contribution in [3.05, 3.63) is 48.5 Å². The standard InChI is InChI=1S/C20H28N2O4/c1-23-11-13-25-20(26-14-12-24-2)15-22-19-9-5-17(6-10-19)16-3-7-18(21)8-4-16/h3-10,20,22H,11-15,21H2,1-2H3. The summed E-state index contributed by atoms with van der Waals surface area (Å²) >= 11 is 0. The van der Waals surface area contributed by atoms with Crippen LogP contribution in [0.5, 0.6) is 0 Å². The predicted octanol–water partition coefficient (Wildman–Crippen LogP) is 3.00. The molecular formula is C20H28N2O4. The number of methoxy groups -OCH3 is 2. The molecule has 0 spiro atoms. The maximum Gasteiger partial charge on any atom is 0.174 e. The second kappa shape index (κ2) is 11.5. The molecular weight excluding hydrogens is 332 g/mol. The van der Waals surface area contributed by atoms with Gasteiger partial charge in [-0.1, -0.05) is 24.3 Å². The lowest BCUT2D eigenvalue weighted by molar-refractivity contribution is -0.146. The van der Waals surface area contributed by atoms with E-state index in [1.54, 1.807) is 14.2 Å². The Labute approximate surface area is 155 Å². The van der Waals surface area contributed by atoms with E-state index in [4.69, 9.17) is 24.7 Å². The van der Waals surface area contributed by atoms with Crippen molar-refractivity contribution in [3.8, 4) is 11.1 Å². The minimum atomic E-state index is -0.364. The number of nitrogens with two attached hydrogens (primary N) is 1. The first-order valence-corrected chi connectivity index (χ1v) is 8.64. The van der Waals surface area contributed by atoms with Gasteiger partial charge in [0.15, 0.2) is 6.29 Å². The fourth-order valence-corrected chi connectivity index (χ4v) is 2.35. The molecule has 0 heterocycles. The van der Waals surface area contributed by atoms with Crippen LogP contribution in [0.4, 0.5) is 11.4 Å². The quantitative estimate of drug-likeness (QED) is 0.344. The highest BCUT2D eigenvalue weighted by Gasteiger charge is 2.09. The van der Waals surface area contributed by atoms with Crippen molar-refractivity contribution in [2.24, 2.45) is 0 Å². The molecule has 0 aliphatic heterocycles. The van der Waals surface area contributed by atoms with Crippen LogP contribution in [0.15, 0.2) is 48.5 Å². The SMILES string of the molecule is COCCOC(CNc1ccc(-c2ccc(N)cc2)cc1)OCCOC. The Kier molecular flexibility index (Phi) is 8.92. The van der Waals surface area contributed by atoms with Crippen molar-refractivity contribution in [2.75, 3.05) is 58.2 Å². The second-order valence-corrected chi connectivity index (χ2v) is 5.74. The van der Waals surface area contributed by atoms with E-state index in [1.165, 1.54) is 0 Å². The average molecular weight is 360 g/mol. The second-order valence-electron chi connectivity index (χ2n) is 5.74. The number of rotatable bonds is 12. The van der Waals surface area contributed by atoms with Crippen molar-refractivity contribution in [3.63, 3.8) is 0 Å². The van der Waals surface area contributed by atoms with E-state index in [-0.39, 0.29) is 6.29 Å². The molecule has 26 heavy (non-hydrogen) atoms. The molecule has 2 rings (SSSR count). The number of anilines is 2. The summed E-state index contributed by atoms with van der Waals surface area (Å²) in [6.45, 7) is 2.55. The zero-order valence-electron chi connectivity index (χ0n) is 15.4. The molecule has 0 saturated carbocycles. The normalized spacial score (nSPS) is 11.0. The van der Waals surface area contributed by atoms with Gasteiger partial charge < -0.3 is 30.0 Å². The molecule has 0 unspecified atom stereocenters. The number of hydrogen-bond donors (Lipinski definition) is 2. The molecule has 0 aromatic heterocycles. The molecule has 2 aromatic rings. The predicted molar refractivity (Wildman–Crippen MR) is 104 cm³/mol.